The topological polar surface area (TPSA) is 0 Å². The molecule has 0 saturated carbocycles. The molecule has 0 saturated heterocycles. The van der Waals surface area contributed by atoms with Crippen molar-refractivity contribution in [2.75, 3.05) is 0 Å². The third-order valence-electron chi connectivity index (χ3n) is 0.994. The number of hydrogen-bond donors (Lipinski definition) is 0. The fourth-order valence-electron chi connectivity index (χ4n) is 0.542. The average Bonchev–Trinajstić information content (AvgIpc) is 1.97. The van der Waals surface area contributed by atoms with Crippen LogP contribution in [0.4, 0.5) is 0 Å². The van der Waals surface area contributed by atoms with Gasteiger partial charge in [0.05, 0.1) is 0 Å². The van der Waals surface area contributed by atoms with E-state index in [-0.39, 0.29) is 0 Å². The van der Waals surface area contributed by atoms with Crippen molar-refractivity contribution in [3.8, 4) is 0 Å². The molecule has 0 aliphatic rings. The van der Waals surface area contributed by atoms with Crippen LogP contribution in [0.2, 0.25) is 12.6 Å². The second-order valence-electron chi connectivity index (χ2n) is 1.82. The van der Waals surface area contributed by atoms with Gasteiger partial charge < -0.3 is 0 Å². The molecule has 0 atom stereocenters. The zero-order valence-electron chi connectivity index (χ0n) is 6.03. The van der Waals surface area contributed by atoms with Crippen LogP contribution in [0.3, 0.4) is 0 Å². The van der Waals surface area contributed by atoms with Crippen molar-refractivity contribution in [2.45, 2.75) is 12.6 Å². The van der Waals surface area contributed by atoms with Crippen molar-refractivity contribution < 1.29 is 0 Å². The van der Waals surface area contributed by atoms with Gasteiger partial charge in [-0.25, -0.2) is 0 Å². The van der Waals surface area contributed by atoms with Crippen LogP contribution in [0.5, 0.6) is 0 Å². The molecule has 0 heterocycles. The summed E-state index contributed by atoms with van der Waals surface area (Å²) in [5.74, 6) is 0. The van der Waals surface area contributed by atoms with E-state index in [4.69, 9.17) is 14.7 Å². The molecule has 0 unspecified atom stereocenters. The molecule has 0 aromatic rings. The molecule has 36 valence electrons. The van der Waals surface area contributed by atoms with E-state index in [0.717, 1.165) is 12.6 Å². The molecule has 0 spiro atoms. The summed E-state index contributed by atoms with van der Waals surface area (Å²) in [5.41, 5.74) is 0. The van der Waals surface area contributed by atoms with Gasteiger partial charge in [0.1, 0.15) is 0 Å². The second-order valence-corrected chi connectivity index (χ2v) is 1.82. The second kappa shape index (κ2) is 9.52. The normalized spacial score (nSPS) is 6.60. The molecule has 0 aromatic heterocycles. The minimum absolute atomic E-state index is 1.01. The van der Waals surface area contributed by atoms with Gasteiger partial charge in [-0.2, -0.15) is 0 Å². The summed E-state index contributed by atoms with van der Waals surface area (Å²) in [6, 6.07) is 0. The first-order valence-electron chi connectivity index (χ1n) is 3.32. The van der Waals surface area contributed by atoms with Gasteiger partial charge in [-0.3, -0.25) is 0 Å². The summed E-state index contributed by atoms with van der Waals surface area (Å²) in [4.78, 5) is 0. The van der Waals surface area contributed by atoms with Crippen molar-refractivity contribution in [3.63, 3.8) is 0 Å². The summed E-state index contributed by atoms with van der Waals surface area (Å²) in [5, 5.41) is 0. The van der Waals surface area contributed by atoms with E-state index in [1.807, 2.05) is 27.0 Å². The van der Waals surface area contributed by atoms with E-state index in [9.17, 15) is 0 Å². The molecule has 10 heavy (non-hydrogen) atoms. The minimum atomic E-state index is 1.01. The Morgan fingerprint density at radius 2 is 1.20 bits per heavy atom. The molecule has 0 amide bonds. The first-order chi connectivity index (χ1) is 4.91. The Morgan fingerprint density at radius 1 is 0.800 bits per heavy atom. The van der Waals surface area contributed by atoms with Crippen LogP contribution in [-0.2, 0) is 0 Å². The maximum absolute atomic E-state index is 5.11. The van der Waals surface area contributed by atoms with Crippen LogP contribution in [0.25, 0.3) is 0 Å². The third-order valence-corrected chi connectivity index (χ3v) is 0.994. The third kappa shape index (κ3) is 8.52. The molecule has 0 bridgehead atoms. The van der Waals surface area contributed by atoms with Crippen LogP contribution in [0.15, 0.2) is 0 Å². The molecule has 0 rings (SSSR count). The van der Waals surface area contributed by atoms with Crippen molar-refractivity contribution in [1.29, 1.82) is 0 Å². The first-order valence-corrected chi connectivity index (χ1v) is 3.32. The van der Waals surface area contributed by atoms with Crippen molar-refractivity contribution in [1.82, 2.24) is 0 Å². The van der Waals surface area contributed by atoms with Crippen molar-refractivity contribution in [2.24, 2.45) is 0 Å². The fourth-order valence-corrected chi connectivity index (χ4v) is 0.542. The summed E-state index contributed by atoms with van der Waals surface area (Å²) in [6.07, 6.45) is 2.02. The molecule has 0 fully saturated rings. The van der Waals surface area contributed by atoms with Gasteiger partial charge in [0.2, 0.25) is 0 Å². The zero-order valence-corrected chi connectivity index (χ0v) is 6.03. The average molecular weight is 115 g/mol. The Hall–Kier alpha value is 0.519. The Bertz CT molecular complexity index is 127. The summed E-state index contributed by atoms with van der Waals surface area (Å²) < 4.78 is 0. The molecule has 8 heteroatoms. The summed E-state index contributed by atoms with van der Waals surface area (Å²) in [6.45, 7) is 10.7. The van der Waals surface area contributed by atoms with E-state index >= 15 is 0 Å². The maximum atomic E-state index is 5.11. The fraction of sp³-hybridized carbons (Fsp3) is 1.00. The summed E-state index contributed by atoms with van der Waals surface area (Å²) >= 11 is 0. The standard InChI is InChI=1S/C2H4B8/c3-7-9-5-1-2-6-10-8-4/h1-2H2. The van der Waals surface area contributed by atoms with E-state index in [1.54, 1.807) is 0 Å². The molecule has 0 aliphatic carbocycles. The Labute approximate surface area is 68.3 Å². The van der Waals surface area contributed by atoms with Crippen LogP contribution >= 0.6 is 0 Å². The van der Waals surface area contributed by atoms with Crippen LogP contribution in [0.1, 0.15) is 0 Å². The summed E-state index contributed by atoms with van der Waals surface area (Å²) in [7, 11) is 10.2. The molecular formula is C2H4B8. The van der Waals surface area contributed by atoms with E-state index in [1.165, 1.54) is 13.4 Å². The van der Waals surface area contributed by atoms with Gasteiger partial charge in [0.25, 0.3) is 0 Å². The van der Waals surface area contributed by atoms with Crippen molar-refractivity contribution in [3.05, 3.63) is 0 Å². The molecule has 0 N–H and O–H groups in total. The Balaban J connectivity index is 3.19. The first kappa shape index (κ1) is 10.5. The molecule has 0 nitrogen and oxygen atoms in total. The van der Waals surface area contributed by atoms with Gasteiger partial charge in [0, 0.05) is 0 Å². The van der Waals surface area contributed by atoms with E-state index in [0.29, 0.717) is 0 Å². The van der Waals surface area contributed by atoms with Gasteiger partial charge in [-0.15, -0.1) is 0 Å². The SMILES string of the molecule is [B]=BB=BCCB=BB=[B]. The monoisotopic (exact) mass is 116 g/mol. The quantitative estimate of drug-likeness (QED) is 0.283. The van der Waals surface area contributed by atoms with Crippen LogP contribution < -0.4 is 0 Å². The predicted octanol–water partition coefficient (Wildman–Crippen LogP) is -2.12. The van der Waals surface area contributed by atoms with Crippen LogP contribution in [-0.4, -0.2) is 55.1 Å². The number of hydrogen-bond acceptors (Lipinski definition) is 0. The van der Waals surface area contributed by atoms with Crippen LogP contribution in [0, 0.1) is 0 Å². The molecular weight excluding hydrogens is 111 g/mol. The van der Waals surface area contributed by atoms with E-state index in [2.05, 4.69) is 0 Å². The molecule has 2 radical (unpaired) electrons. The van der Waals surface area contributed by atoms with Crippen molar-refractivity contribution >= 4 is 55.1 Å². The molecule has 0 aliphatic heterocycles. The van der Waals surface area contributed by atoms with E-state index < -0.39 is 0 Å². The van der Waals surface area contributed by atoms with Gasteiger partial charge in [-0.1, -0.05) is 0 Å². The zero-order chi connectivity index (χ0) is 7.66. The predicted molar refractivity (Wildman–Crippen MR) is 55.6 cm³/mol. The number of rotatable bonds is 5. The van der Waals surface area contributed by atoms with Gasteiger partial charge >= 0.3 is 67.8 Å². The van der Waals surface area contributed by atoms with Gasteiger partial charge in [0.15, 0.2) is 0 Å². The molecule has 0 aromatic carbocycles. The Kier molecular flexibility index (Phi) is 10.0. The van der Waals surface area contributed by atoms with Gasteiger partial charge in [-0.05, 0) is 0 Å². The Morgan fingerprint density at radius 3 is 1.50 bits per heavy atom.